The van der Waals surface area contributed by atoms with Gasteiger partial charge in [0.1, 0.15) is 10.8 Å². The summed E-state index contributed by atoms with van der Waals surface area (Å²) in [6.07, 6.45) is -4.57. The first-order valence-corrected chi connectivity index (χ1v) is 7.63. The Hall–Kier alpha value is -1.28. The zero-order valence-corrected chi connectivity index (χ0v) is 13.3. The average molecular weight is 378 g/mol. The van der Waals surface area contributed by atoms with Crippen LogP contribution in [0.3, 0.4) is 0 Å². The second-order valence-corrected chi connectivity index (χ2v) is 6.01. The molecule has 1 aromatic carbocycles. The second-order valence-electron chi connectivity index (χ2n) is 4.00. The number of benzene rings is 1. The number of nitrogens with one attached hydrogen (secondary N) is 1. The van der Waals surface area contributed by atoms with Gasteiger partial charge >= 0.3 is 6.18 Å². The van der Waals surface area contributed by atoms with Crippen molar-refractivity contribution in [2.24, 2.45) is 0 Å². The summed E-state index contributed by atoms with van der Waals surface area (Å²) < 4.78 is 39.3. The van der Waals surface area contributed by atoms with E-state index >= 15 is 0 Å². The number of halogens is 4. The van der Waals surface area contributed by atoms with E-state index in [1.54, 1.807) is 13.0 Å². The van der Waals surface area contributed by atoms with E-state index in [0.29, 0.717) is 6.54 Å². The molecule has 1 N–H and O–H groups in total. The zero-order valence-electron chi connectivity index (χ0n) is 10.9. The Labute approximate surface area is 132 Å². The van der Waals surface area contributed by atoms with Crippen LogP contribution in [-0.2, 0) is 6.18 Å². The first-order chi connectivity index (χ1) is 9.88. The molecule has 0 aliphatic heterocycles. The largest absolute Gasteiger partial charge is 0.451 e. The molecule has 0 fully saturated rings. The van der Waals surface area contributed by atoms with Crippen molar-refractivity contribution < 1.29 is 13.2 Å². The van der Waals surface area contributed by atoms with Crippen molar-refractivity contribution in [1.82, 2.24) is 9.97 Å². The van der Waals surface area contributed by atoms with Crippen LogP contribution in [0, 0.1) is 0 Å². The Morgan fingerprint density at radius 1 is 1.24 bits per heavy atom. The number of alkyl halides is 3. The standard InChI is InChI=1S/C13H11BrF3N3S/c1-2-18-10-7-11(20-12(19-10)13(15,16)17)21-9-5-3-4-8(14)6-9/h3-7H,2H2,1H3,(H,18,19,20). The molecular weight excluding hydrogens is 367 g/mol. The van der Waals surface area contributed by atoms with E-state index in [1.165, 1.54) is 6.07 Å². The Kier molecular flexibility index (Phi) is 5.10. The van der Waals surface area contributed by atoms with Crippen LogP contribution < -0.4 is 5.32 Å². The normalized spacial score (nSPS) is 11.5. The summed E-state index contributed by atoms with van der Waals surface area (Å²) in [6, 6.07) is 8.77. The third kappa shape index (κ3) is 4.60. The molecule has 21 heavy (non-hydrogen) atoms. The first kappa shape index (κ1) is 16.1. The van der Waals surface area contributed by atoms with E-state index in [4.69, 9.17) is 0 Å². The smallest absolute Gasteiger partial charge is 0.370 e. The van der Waals surface area contributed by atoms with Gasteiger partial charge in [-0.25, -0.2) is 9.97 Å². The lowest BCUT2D eigenvalue weighted by Crippen LogP contribution is -2.13. The third-order valence-electron chi connectivity index (χ3n) is 2.33. The van der Waals surface area contributed by atoms with E-state index < -0.39 is 12.0 Å². The van der Waals surface area contributed by atoms with Gasteiger partial charge in [-0.05, 0) is 25.1 Å². The molecule has 0 radical (unpaired) electrons. The fourth-order valence-electron chi connectivity index (χ4n) is 1.53. The Morgan fingerprint density at radius 2 is 2.00 bits per heavy atom. The first-order valence-electron chi connectivity index (χ1n) is 6.02. The fraction of sp³-hybridized carbons (Fsp3) is 0.231. The van der Waals surface area contributed by atoms with Crippen LogP contribution in [0.2, 0.25) is 0 Å². The summed E-state index contributed by atoms with van der Waals surface area (Å²) in [5.74, 6) is -0.976. The molecule has 0 spiro atoms. The highest BCUT2D eigenvalue weighted by molar-refractivity contribution is 9.10. The van der Waals surface area contributed by atoms with Crippen LogP contribution in [0.4, 0.5) is 19.0 Å². The fourth-order valence-corrected chi connectivity index (χ4v) is 2.95. The van der Waals surface area contributed by atoms with Gasteiger partial charge in [-0.3, -0.25) is 0 Å². The monoisotopic (exact) mass is 377 g/mol. The van der Waals surface area contributed by atoms with E-state index in [2.05, 4.69) is 31.2 Å². The minimum Gasteiger partial charge on any atom is -0.370 e. The number of anilines is 1. The van der Waals surface area contributed by atoms with Gasteiger partial charge in [0.05, 0.1) is 0 Å². The highest BCUT2D eigenvalue weighted by atomic mass is 79.9. The topological polar surface area (TPSA) is 37.8 Å². The van der Waals surface area contributed by atoms with E-state index in [-0.39, 0.29) is 10.8 Å². The molecule has 0 bridgehead atoms. The molecule has 8 heteroatoms. The molecule has 2 rings (SSSR count). The van der Waals surface area contributed by atoms with E-state index in [0.717, 1.165) is 21.1 Å². The molecule has 3 nitrogen and oxygen atoms in total. The molecule has 112 valence electrons. The van der Waals surface area contributed by atoms with E-state index in [1.807, 2.05) is 18.2 Å². The Bertz CT molecular complexity index is 634. The van der Waals surface area contributed by atoms with Crippen LogP contribution in [0.15, 0.2) is 44.7 Å². The van der Waals surface area contributed by atoms with Gasteiger partial charge in [-0.15, -0.1) is 0 Å². The zero-order chi connectivity index (χ0) is 15.5. The molecule has 1 heterocycles. The molecule has 1 aromatic heterocycles. The van der Waals surface area contributed by atoms with E-state index in [9.17, 15) is 13.2 Å². The molecule has 0 unspecified atom stereocenters. The average Bonchev–Trinajstić information content (AvgIpc) is 2.37. The SMILES string of the molecule is CCNc1cc(Sc2cccc(Br)c2)nc(C(F)(F)F)n1. The van der Waals surface area contributed by atoms with Gasteiger partial charge in [0, 0.05) is 22.0 Å². The van der Waals surface area contributed by atoms with Crippen molar-refractivity contribution in [2.45, 2.75) is 23.0 Å². The van der Waals surface area contributed by atoms with Gasteiger partial charge in [0.2, 0.25) is 5.82 Å². The predicted molar refractivity (Wildman–Crippen MR) is 79.5 cm³/mol. The Balaban J connectivity index is 2.35. The maximum absolute atomic E-state index is 12.8. The highest BCUT2D eigenvalue weighted by Gasteiger charge is 2.35. The summed E-state index contributed by atoms with van der Waals surface area (Å²) in [5, 5.41) is 3.03. The van der Waals surface area contributed by atoms with Crippen molar-refractivity contribution in [2.75, 3.05) is 11.9 Å². The van der Waals surface area contributed by atoms with Crippen molar-refractivity contribution in [3.8, 4) is 0 Å². The Morgan fingerprint density at radius 3 is 2.62 bits per heavy atom. The van der Waals surface area contributed by atoms with Crippen molar-refractivity contribution in [1.29, 1.82) is 0 Å². The number of hydrogen-bond acceptors (Lipinski definition) is 4. The number of aromatic nitrogens is 2. The van der Waals surface area contributed by atoms with Gasteiger partial charge in [-0.1, -0.05) is 33.8 Å². The molecule has 2 aromatic rings. The van der Waals surface area contributed by atoms with Crippen LogP contribution in [0.1, 0.15) is 12.7 Å². The second kappa shape index (κ2) is 6.65. The molecule has 0 saturated carbocycles. The number of nitrogens with zero attached hydrogens (tertiary/aromatic N) is 2. The third-order valence-corrected chi connectivity index (χ3v) is 3.73. The lowest BCUT2D eigenvalue weighted by molar-refractivity contribution is -0.145. The predicted octanol–water partition coefficient (Wildman–Crippen LogP) is 4.84. The quantitative estimate of drug-likeness (QED) is 0.773. The maximum Gasteiger partial charge on any atom is 0.451 e. The van der Waals surface area contributed by atoms with Gasteiger partial charge in [0.15, 0.2) is 0 Å². The van der Waals surface area contributed by atoms with Crippen LogP contribution in [0.25, 0.3) is 0 Å². The van der Waals surface area contributed by atoms with Crippen LogP contribution in [0.5, 0.6) is 0 Å². The summed E-state index contributed by atoms with van der Waals surface area (Å²) in [6.45, 7) is 2.27. The molecule has 0 aliphatic carbocycles. The van der Waals surface area contributed by atoms with Gasteiger partial charge in [-0.2, -0.15) is 13.2 Å². The van der Waals surface area contributed by atoms with Crippen molar-refractivity contribution >= 4 is 33.5 Å². The maximum atomic E-state index is 12.8. The molecule has 0 saturated heterocycles. The summed E-state index contributed by atoms with van der Waals surface area (Å²) >= 11 is 4.47. The van der Waals surface area contributed by atoms with Gasteiger partial charge in [0.25, 0.3) is 0 Å². The molecule has 0 amide bonds. The summed E-state index contributed by atoms with van der Waals surface area (Å²) in [4.78, 5) is 7.86. The highest BCUT2D eigenvalue weighted by Crippen LogP contribution is 2.33. The van der Waals surface area contributed by atoms with Crippen LogP contribution in [-0.4, -0.2) is 16.5 Å². The van der Waals surface area contributed by atoms with Gasteiger partial charge < -0.3 is 5.32 Å². The number of rotatable bonds is 4. The lowest BCUT2D eigenvalue weighted by atomic mass is 10.4. The minimum atomic E-state index is -4.57. The van der Waals surface area contributed by atoms with Crippen molar-refractivity contribution in [3.63, 3.8) is 0 Å². The summed E-state index contributed by atoms with van der Waals surface area (Å²) in [7, 11) is 0. The van der Waals surface area contributed by atoms with Crippen molar-refractivity contribution in [3.05, 3.63) is 40.6 Å². The minimum absolute atomic E-state index is 0.164. The molecular formula is C13H11BrF3N3S. The lowest BCUT2D eigenvalue weighted by Gasteiger charge is -2.10. The summed E-state index contributed by atoms with van der Waals surface area (Å²) in [5.41, 5.74) is 0. The number of hydrogen-bond donors (Lipinski definition) is 1. The molecule has 0 aliphatic rings. The van der Waals surface area contributed by atoms with Crippen LogP contribution >= 0.6 is 27.7 Å². The molecule has 0 atom stereocenters.